The lowest BCUT2D eigenvalue weighted by molar-refractivity contribution is 0.481. The monoisotopic (exact) mass is 276 g/mol. The lowest BCUT2D eigenvalue weighted by atomic mass is 10.3. The zero-order chi connectivity index (χ0) is 13.5. The second-order valence-corrected chi connectivity index (χ2v) is 5.94. The van der Waals surface area contributed by atoms with E-state index >= 15 is 0 Å². The third-order valence-corrected chi connectivity index (χ3v) is 4.42. The van der Waals surface area contributed by atoms with Gasteiger partial charge in [0.05, 0.1) is 4.90 Å². The number of rotatable bonds is 2. The third-order valence-electron chi connectivity index (χ3n) is 2.79. The van der Waals surface area contributed by atoms with Crippen LogP contribution < -0.4 is 0 Å². The van der Waals surface area contributed by atoms with Crippen LogP contribution in [0.3, 0.4) is 0 Å². The highest BCUT2D eigenvalue weighted by atomic mass is 32.2. The van der Waals surface area contributed by atoms with Crippen molar-refractivity contribution in [2.24, 2.45) is 0 Å². The first-order valence-electron chi connectivity index (χ1n) is 5.56. The normalized spacial score (nSPS) is 11.8. The van der Waals surface area contributed by atoms with Gasteiger partial charge in [0, 0.05) is 11.5 Å². The Bertz CT molecular complexity index is 800. The summed E-state index contributed by atoms with van der Waals surface area (Å²) in [4.78, 5) is 0.00737. The van der Waals surface area contributed by atoms with E-state index in [0.29, 0.717) is 11.0 Å². The Balaban J connectivity index is 2.16. The Kier molecular flexibility index (Phi) is 2.64. The summed E-state index contributed by atoms with van der Waals surface area (Å²) in [5.74, 6) is -0.483. The maximum Gasteiger partial charge on any atom is 0.239 e. The molecule has 2 aromatic carbocycles. The first kappa shape index (κ1) is 11.9. The molecule has 0 spiro atoms. The molecule has 0 fully saturated rings. The highest BCUT2D eigenvalue weighted by Crippen LogP contribution is 2.27. The van der Waals surface area contributed by atoms with Crippen molar-refractivity contribution in [2.45, 2.75) is 9.99 Å². The van der Waals surface area contributed by atoms with Gasteiger partial charge in [0.25, 0.3) is 0 Å². The molecule has 0 bridgehead atoms. The van der Waals surface area contributed by atoms with Crippen LogP contribution in [0.1, 0.15) is 0 Å². The number of sulfone groups is 1. The van der Waals surface area contributed by atoms with Crippen LogP contribution in [0.4, 0.5) is 4.39 Å². The first-order chi connectivity index (χ1) is 9.07. The molecule has 3 rings (SSSR count). The second-order valence-electron chi connectivity index (χ2n) is 4.06. The highest BCUT2D eigenvalue weighted by molar-refractivity contribution is 7.91. The van der Waals surface area contributed by atoms with Crippen molar-refractivity contribution in [3.63, 3.8) is 0 Å². The molecule has 0 saturated carbocycles. The summed E-state index contributed by atoms with van der Waals surface area (Å²) in [6.07, 6.45) is 0. The van der Waals surface area contributed by atoms with E-state index in [1.165, 1.54) is 18.2 Å². The topological polar surface area (TPSA) is 47.3 Å². The van der Waals surface area contributed by atoms with E-state index < -0.39 is 15.7 Å². The molecule has 1 heterocycles. The smallest absolute Gasteiger partial charge is 0.239 e. The van der Waals surface area contributed by atoms with Gasteiger partial charge in [0.15, 0.2) is 0 Å². The van der Waals surface area contributed by atoms with Crippen LogP contribution in [-0.2, 0) is 9.84 Å². The Morgan fingerprint density at radius 3 is 2.32 bits per heavy atom. The minimum Gasteiger partial charge on any atom is -0.444 e. The van der Waals surface area contributed by atoms with Crippen LogP contribution in [0.2, 0.25) is 0 Å². The second kappa shape index (κ2) is 4.20. The first-order valence-corrected chi connectivity index (χ1v) is 7.05. The Morgan fingerprint density at radius 1 is 0.947 bits per heavy atom. The molecule has 0 aliphatic rings. The zero-order valence-electron chi connectivity index (χ0n) is 9.71. The summed E-state index contributed by atoms with van der Waals surface area (Å²) < 4.78 is 42.8. The molecule has 0 atom stereocenters. The van der Waals surface area contributed by atoms with Gasteiger partial charge in [-0.3, -0.25) is 0 Å². The van der Waals surface area contributed by atoms with Gasteiger partial charge in [-0.25, -0.2) is 12.8 Å². The van der Waals surface area contributed by atoms with E-state index in [0.717, 1.165) is 12.1 Å². The molecule has 0 saturated heterocycles. The predicted octanol–water partition coefficient (Wildman–Crippen LogP) is 3.40. The van der Waals surface area contributed by atoms with Crippen LogP contribution in [-0.4, -0.2) is 8.42 Å². The van der Waals surface area contributed by atoms with Crippen LogP contribution in [0.15, 0.2) is 69.0 Å². The lowest BCUT2D eigenvalue weighted by Gasteiger charge is -2.00. The molecule has 0 radical (unpaired) electrons. The molecule has 5 heteroatoms. The van der Waals surface area contributed by atoms with Gasteiger partial charge in [-0.2, -0.15) is 0 Å². The lowest BCUT2D eigenvalue weighted by Crippen LogP contribution is -2.00. The minimum atomic E-state index is -3.75. The summed E-state index contributed by atoms with van der Waals surface area (Å²) in [6, 6.07) is 13.1. The molecule has 0 N–H and O–H groups in total. The van der Waals surface area contributed by atoms with Crippen LogP contribution in [0.5, 0.6) is 0 Å². The van der Waals surface area contributed by atoms with Gasteiger partial charge in [0.1, 0.15) is 11.4 Å². The van der Waals surface area contributed by atoms with Gasteiger partial charge in [-0.05, 0) is 30.3 Å². The van der Waals surface area contributed by atoms with Crippen molar-refractivity contribution < 1.29 is 17.2 Å². The van der Waals surface area contributed by atoms with E-state index in [9.17, 15) is 12.8 Å². The Hall–Kier alpha value is -2.14. The van der Waals surface area contributed by atoms with Crippen LogP contribution in [0, 0.1) is 5.82 Å². The van der Waals surface area contributed by atoms with E-state index in [1.807, 2.05) is 0 Å². The number of benzene rings is 2. The van der Waals surface area contributed by atoms with Crippen molar-refractivity contribution in [1.29, 1.82) is 0 Å². The fourth-order valence-corrected chi connectivity index (χ4v) is 3.03. The third kappa shape index (κ3) is 2.02. The van der Waals surface area contributed by atoms with Gasteiger partial charge in [0.2, 0.25) is 14.9 Å². The Morgan fingerprint density at radius 2 is 1.63 bits per heavy atom. The van der Waals surface area contributed by atoms with Crippen LogP contribution >= 0.6 is 0 Å². The molecular weight excluding hydrogens is 267 g/mol. The summed E-state index contributed by atoms with van der Waals surface area (Å²) in [5.41, 5.74) is 0.503. The van der Waals surface area contributed by atoms with Gasteiger partial charge in [-0.1, -0.05) is 18.2 Å². The maximum atomic E-state index is 12.8. The van der Waals surface area contributed by atoms with Gasteiger partial charge >= 0.3 is 0 Å². The minimum absolute atomic E-state index is 0.00737. The molecule has 3 aromatic rings. The van der Waals surface area contributed by atoms with E-state index in [-0.39, 0.29) is 9.99 Å². The van der Waals surface area contributed by atoms with Crippen molar-refractivity contribution in [3.8, 4) is 0 Å². The molecule has 1 aromatic heterocycles. The molecule has 0 unspecified atom stereocenters. The summed E-state index contributed by atoms with van der Waals surface area (Å²) >= 11 is 0. The molecule has 0 aliphatic heterocycles. The van der Waals surface area contributed by atoms with Crippen molar-refractivity contribution in [2.75, 3.05) is 0 Å². The maximum absolute atomic E-state index is 12.8. The van der Waals surface area contributed by atoms with E-state index in [4.69, 9.17) is 4.42 Å². The Labute approximate surface area is 109 Å². The molecule has 96 valence electrons. The predicted molar refractivity (Wildman–Crippen MR) is 68.1 cm³/mol. The summed E-state index contributed by atoms with van der Waals surface area (Å²) in [7, 11) is -3.75. The zero-order valence-corrected chi connectivity index (χ0v) is 10.5. The fourth-order valence-electron chi connectivity index (χ4n) is 1.82. The van der Waals surface area contributed by atoms with Crippen molar-refractivity contribution in [3.05, 3.63) is 60.4 Å². The SMILES string of the molecule is O=S(=O)(c1ccc(F)cc1)c1cc2ccccc2o1. The summed E-state index contributed by atoms with van der Waals surface area (Å²) in [6.45, 7) is 0. The van der Waals surface area contributed by atoms with Crippen LogP contribution in [0.25, 0.3) is 11.0 Å². The number of halogens is 1. The number of fused-ring (bicyclic) bond motifs is 1. The van der Waals surface area contributed by atoms with Crippen molar-refractivity contribution in [1.82, 2.24) is 0 Å². The van der Waals surface area contributed by atoms with Gasteiger partial charge < -0.3 is 4.42 Å². The standard InChI is InChI=1S/C14H9FO3S/c15-11-5-7-12(8-6-11)19(16,17)14-9-10-3-1-2-4-13(10)18-14/h1-9H. The number of para-hydroxylation sites is 1. The average Bonchev–Trinajstić information content (AvgIpc) is 2.83. The number of hydrogen-bond donors (Lipinski definition) is 0. The number of furan rings is 1. The number of hydrogen-bond acceptors (Lipinski definition) is 3. The van der Waals surface area contributed by atoms with Crippen molar-refractivity contribution >= 4 is 20.8 Å². The molecule has 3 nitrogen and oxygen atoms in total. The largest absolute Gasteiger partial charge is 0.444 e. The molecule has 0 aliphatic carbocycles. The average molecular weight is 276 g/mol. The molecule has 19 heavy (non-hydrogen) atoms. The van der Waals surface area contributed by atoms with Gasteiger partial charge in [-0.15, -0.1) is 0 Å². The summed E-state index contributed by atoms with van der Waals surface area (Å²) in [5, 5.41) is 0.573. The quantitative estimate of drug-likeness (QED) is 0.674. The fraction of sp³-hybridized carbons (Fsp3) is 0. The molecular formula is C14H9FO3S. The molecule has 0 amide bonds. The van der Waals surface area contributed by atoms with E-state index in [1.54, 1.807) is 24.3 Å². The highest BCUT2D eigenvalue weighted by Gasteiger charge is 2.22. The van der Waals surface area contributed by atoms with E-state index in [2.05, 4.69) is 0 Å².